The molecule has 0 atom stereocenters. The maximum absolute atomic E-state index is 13.6. The summed E-state index contributed by atoms with van der Waals surface area (Å²) >= 11 is 9.13. The Kier molecular flexibility index (Phi) is 4.22. The molecule has 0 bridgehead atoms. The molecule has 2 aromatic rings. The Balaban J connectivity index is 2.28. The van der Waals surface area contributed by atoms with E-state index in [-0.39, 0.29) is 5.56 Å². The number of halogens is 3. The smallest absolute Gasteiger partial charge is 0.259 e. The predicted octanol–water partition coefficient (Wildman–Crippen LogP) is 4.80. The summed E-state index contributed by atoms with van der Waals surface area (Å²) in [6, 6.07) is 9.51. The zero-order valence-electron chi connectivity index (χ0n) is 10.0. The third kappa shape index (κ3) is 3.14. The zero-order chi connectivity index (χ0) is 14.0. The molecule has 0 aliphatic heterocycles. The molecule has 0 radical (unpaired) electrons. The monoisotopic (exact) mass is 341 g/mol. The van der Waals surface area contributed by atoms with Gasteiger partial charge in [0.05, 0.1) is 5.56 Å². The van der Waals surface area contributed by atoms with Gasteiger partial charge < -0.3 is 5.32 Å². The molecule has 0 aliphatic rings. The number of anilines is 1. The van der Waals surface area contributed by atoms with Gasteiger partial charge in [-0.1, -0.05) is 23.7 Å². The van der Waals surface area contributed by atoms with E-state index < -0.39 is 11.7 Å². The minimum atomic E-state index is -0.579. The van der Waals surface area contributed by atoms with Gasteiger partial charge in [-0.3, -0.25) is 4.79 Å². The van der Waals surface area contributed by atoms with Gasteiger partial charge in [0, 0.05) is 15.2 Å². The maximum Gasteiger partial charge on any atom is 0.259 e. The SMILES string of the molecule is Cc1ccc(NC(=O)c2c(F)cccc2Br)cc1Cl. The lowest BCUT2D eigenvalue weighted by Gasteiger charge is -2.09. The quantitative estimate of drug-likeness (QED) is 0.834. The summed E-state index contributed by atoms with van der Waals surface area (Å²) in [7, 11) is 0. The largest absolute Gasteiger partial charge is 0.322 e. The first-order valence-electron chi connectivity index (χ1n) is 5.50. The highest BCUT2D eigenvalue weighted by atomic mass is 79.9. The third-order valence-electron chi connectivity index (χ3n) is 2.62. The molecule has 2 rings (SSSR count). The summed E-state index contributed by atoms with van der Waals surface area (Å²) in [6.45, 7) is 1.86. The first kappa shape index (κ1) is 14.0. The van der Waals surface area contributed by atoms with Crippen LogP contribution in [0, 0.1) is 12.7 Å². The molecule has 0 saturated heterocycles. The topological polar surface area (TPSA) is 29.1 Å². The van der Waals surface area contributed by atoms with Crippen molar-refractivity contribution in [1.29, 1.82) is 0 Å². The Morgan fingerprint density at radius 1 is 1.32 bits per heavy atom. The number of nitrogens with one attached hydrogen (secondary N) is 1. The number of hydrogen-bond donors (Lipinski definition) is 1. The van der Waals surface area contributed by atoms with Crippen LogP contribution in [0.15, 0.2) is 40.9 Å². The van der Waals surface area contributed by atoms with Crippen molar-refractivity contribution in [2.75, 3.05) is 5.32 Å². The Morgan fingerprint density at radius 2 is 2.05 bits per heavy atom. The van der Waals surface area contributed by atoms with Crippen LogP contribution in [0.2, 0.25) is 5.02 Å². The van der Waals surface area contributed by atoms with Crippen molar-refractivity contribution < 1.29 is 9.18 Å². The van der Waals surface area contributed by atoms with Crippen LogP contribution < -0.4 is 5.32 Å². The normalized spacial score (nSPS) is 10.3. The van der Waals surface area contributed by atoms with Gasteiger partial charge in [0.15, 0.2) is 0 Å². The number of aryl methyl sites for hydroxylation is 1. The Labute approximate surface area is 123 Å². The lowest BCUT2D eigenvalue weighted by molar-refractivity contribution is 0.102. The maximum atomic E-state index is 13.6. The van der Waals surface area contributed by atoms with E-state index in [1.54, 1.807) is 24.3 Å². The van der Waals surface area contributed by atoms with Gasteiger partial charge in [0.25, 0.3) is 5.91 Å². The van der Waals surface area contributed by atoms with Crippen molar-refractivity contribution in [2.24, 2.45) is 0 Å². The van der Waals surface area contributed by atoms with E-state index in [1.807, 2.05) is 6.92 Å². The van der Waals surface area contributed by atoms with Gasteiger partial charge in [0.2, 0.25) is 0 Å². The first-order chi connectivity index (χ1) is 8.99. The molecule has 19 heavy (non-hydrogen) atoms. The van der Waals surface area contributed by atoms with Gasteiger partial charge in [-0.15, -0.1) is 0 Å². The second kappa shape index (κ2) is 5.72. The molecule has 0 heterocycles. The van der Waals surface area contributed by atoms with E-state index in [4.69, 9.17) is 11.6 Å². The van der Waals surface area contributed by atoms with Gasteiger partial charge in [-0.25, -0.2) is 4.39 Å². The first-order valence-corrected chi connectivity index (χ1v) is 6.67. The van der Waals surface area contributed by atoms with Crippen molar-refractivity contribution in [1.82, 2.24) is 0 Å². The molecule has 1 N–H and O–H groups in total. The molecular weight excluding hydrogens is 333 g/mol. The average molecular weight is 343 g/mol. The van der Waals surface area contributed by atoms with E-state index in [1.165, 1.54) is 12.1 Å². The highest BCUT2D eigenvalue weighted by Gasteiger charge is 2.15. The lowest BCUT2D eigenvalue weighted by Crippen LogP contribution is -2.14. The standard InChI is InChI=1S/C14H10BrClFNO/c1-8-5-6-9(7-11(8)16)18-14(19)13-10(15)3-2-4-12(13)17/h2-7H,1H3,(H,18,19). The summed E-state index contributed by atoms with van der Waals surface area (Å²) in [5.41, 5.74) is 1.40. The van der Waals surface area contributed by atoms with Crippen LogP contribution in [-0.4, -0.2) is 5.91 Å². The Bertz CT molecular complexity index is 625. The van der Waals surface area contributed by atoms with E-state index in [0.717, 1.165) is 5.56 Å². The molecule has 1 amide bonds. The van der Waals surface area contributed by atoms with E-state index in [0.29, 0.717) is 15.2 Å². The van der Waals surface area contributed by atoms with Crippen LogP contribution >= 0.6 is 27.5 Å². The summed E-state index contributed by atoms with van der Waals surface area (Å²) in [4.78, 5) is 12.0. The van der Waals surface area contributed by atoms with E-state index >= 15 is 0 Å². The van der Waals surface area contributed by atoms with E-state index in [2.05, 4.69) is 21.2 Å². The third-order valence-corrected chi connectivity index (χ3v) is 3.69. The number of carbonyl (C=O) groups is 1. The molecule has 0 aromatic heterocycles. The second-order valence-electron chi connectivity index (χ2n) is 4.01. The number of carbonyl (C=O) groups excluding carboxylic acids is 1. The molecule has 98 valence electrons. The number of benzene rings is 2. The molecule has 0 fully saturated rings. The minimum absolute atomic E-state index is 0.0285. The van der Waals surface area contributed by atoms with Crippen molar-refractivity contribution >= 4 is 39.1 Å². The van der Waals surface area contributed by atoms with Crippen LogP contribution in [0.5, 0.6) is 0 Å². The molecule has 0 aliphatic carbocycles. The molecule has 0 saturated carbocycles. The highest BCUT2D eigenvalue weighted by molar-refractivity contribution is 9.10. The van der Waals surface area contributed by atoms with Crippen LogP contribution in [0.25, 0.3) is 0 Å². The predicted molar refractivity (Wildman–Crippen MR) is 78.2 cm³/mol. The molecule has 5 heteroatoms. The van der Waals surface area contributed by atoms with Gasteiger partial charge >= 0.3 is 0 Å². The molecule has 2 aromatic carbocycles. The van der Waals surface area contributed by atoms with E-state index in [9.17, 15) is 9.18 Å². The van der Waals surface area contributed by atoms with Crippen LogP contribution in [0.4, 0.5) is 10.1 Å². The fraction of sp³-hybridized carbons (Fsp3) is 0.0714. The summed E-state index contributed by atoms with van der Waals surface area (Å²) < 4.78 is 14.0. The van der Waals surface area contributed by atoms with Crippen LogP contribution in [0.3, 0.4) is 0 Å². The lowest BCUT2D eigenvalue weighted by atomic mass is 10.2. The van der Waals surface area contributed by atoms with Crippen molar-refractivity contribution in [3.05, 3.63) is 62.8 Å². The summed E-state index contributed by atoms with van der Waals surface area (Å²) in [5, 5.41) is 3.16. The zero-order valence-corrected chi connectivity index (χ0v) is 12.3. The Hall–Kier alpha value is -1.39. The van der Waals surface area contributed by atoms with Gasteiger partial charge in [-0.2, -0.15) is 0 Å². The number of rotatable bonds is 2. The van der Waals surface area contributed by atoms with Crippen molar-refractivity contribution in [2.45, 2.75) is 6.92 Å². The van der Waals surface area contributed by atoms with Gasteiger partial charge in [0.1, 0.15) is 5.82 Å². The van der Waals surface area contributed by atoms with Crippen LogP contribution in [0.1, 0.15) is 15.9 Å². The van der Waals surface area contributed by atoms with Crippen molar-refractivity contribution in [3.63, 3.8) is 0 Å². The van der Waals surface area contributed by atoms with Crippen molar-refractivity contribution in [3.8, 4) is 0 Å². The summed E-state index contributed by atoms with van der Waals surface area (Å²) in [6.07, 6.45) is 0. The molecule has 2 nitrogen and oxygen atoms in total. The minimum Gasteiger partial charge on any atom is -0.322 e. The fourth-order valence-electron chi connectivity index (χ4n) is 1.58. The molecular formula is C14H10BrClFNO. The molecule has 0 unspecified atom stereocenters. The van der Waals surface area contributed by atoms with Gasteiger partial charge in [-0.05, 0) is 52.7 Å². The second-order valence-corrected chi connectivity index (χ2v) is 5.28. The summed E-state index contributed by atoms with van der Waals surface area (Å²) in [5.74, 6) is -1.10. The average Bonchev–Trinajstić information content (AvgIpc) is 2.33. The number of amides is 1. The Morgan fingerprint density at radius 3 is 2.68 bits per heavy atom. The van der Waals surface area contributed by atoms with Crippen LogP contribution in [-0.2, 0) is 0 Å². The number of hydrogen-bond acceptors (Lipinski definition) is 1. The fourth-order valence-corrected chi connectivity index (χ4v) is 2.28. The highest BCUT2D eigenvalue weighted by Crippen LogP contribution is 2.23. The molecule has 0 spiro atoms.